The van der Waals surface area contributed by atoms with Gasteiger partial charge >= 0.3 is 11.9 Å². The Balaban J connectivity index is 5.64. The Labute approximate surface area is 208 Å². The summed E-state index contributed by atoms with van der Waals surface area (Å²) in [6, 6.07) is -4.84. The van der Waals surface area contributed by atoms with Crippen molar-refractivity contribution >= 4 is 47.3 Å². The van der Waals surface area contributed by atoms with Crippen LogP contribution in [0.5, 0.6) is 0 Å². The SMILES string of the molecule is CCC(C)C(NC(=O)C(CCC(N)=O)NC(=O)C(CCC(=O)O)NC(=O)C(N)CCSC)C(=O)O. The first-order chi connectivity index (χ1) is 16.3. The quantitative estimate of drug-likeness (QED) is 0.114. The fraction of sp³-hybridized carbons (Fsp3) is 0.714. The number of carbonyl (C=O) groups is 6. The van der Waals surface area contributed by atoms with Crippen molar-refractivity contribution in [2.45, 2.75) is 76.5 Å². The van der Waals surface area contributed by atoms with Crippen LogP contribution < -0.4 is 27.4 Å². The van der Waals surface area contributed by atoms with Crippen LogP contribution in [0.2, 0.25) is 0 Å². The summed E-state index contributed by atoms with van der Waals surface area (Å²) in [7, 11) is 0. The first-order valence-corrected chi connectivity index (χ1v) is 12.6. The summed E-state index contributed by atoms with van der Waals surface area (Å²) in [6.45, 7) is 3.38. The number of amides is 4. The molecule has 0 aliphatic rings. The van der Waals surface area contributed by atoms with Crippen LogP contribution in [0.1, 0.15) is 52.4 Å². The van der Waals surface area contributed by atoms with Gasteiger partial charge in [0.2, 0.25) is 23.6 Å². The molecule has 0 heterocycles. The lowest BCUT2D eigenvalue weighted by molar-refractivity contribution is -0.144. The van der Waals surface area contributed by atoms with Crippen molar-refractivity contribution in [3.8, 4) is 0 Å². The molecule has 14 heteroatoms. The molecule has 0 aliphatic heterocycles. The maximum Gasteiger partial charge on any atom is 0.326 e. The van der Waals surface area contributed by atoms with E-state index >= 15 is 0 Å². The number of primary amides is 1. The number of nitrogens with two attached hydrogens (primary N) is 2. The Bertz CT molecular complexity index is 766. The van der Waals surface area contributed by atoms with Crippen molar-refractivity contribution in [1.29, 1.82) is 0 Å². The molecular formula is C21H37N5O8S. The van der Waals surface area contributed by atoms with E-state index in [1.54, 1.807) is 13.8 Å². The molecule has 35 heavy (non-hydrogen) atoms. The number of hydrogen-bond donors (Lipinski definition) is 7. The molecule has 9 N–H and O–H groups in total. The summed E-state index contributed by atoms with van der Waals surface area (Å²) in [6.07, 6.45) is 1.37. The smallest absolute Gasteiger partial charge is 0.326 e. The van der Waals surface area contributed by atoms with E-state index in [1.807, 2.05) is 6.26 Å². The second-order valence-corrected chi connectivity index (χ2v) is 9.14. The minimum Gasteiger partial charge on any atom is -0.481 e. The molecule has 13 nitrogen and oxygen atoms in total. The number of hydrogen-bond acceptors (Lipinski definition) is 8. The second-order valence-electron chi connectivity index (χ2n) is 8.16. The molecule has 0 radical (unpaired) electrons. The van der Waals surface area contributed by atoms with E-state index in [-0.39, 0.29) is 19.3 Å². The maximum atomic E-state index is 12.9. The average Bonchev–Trinajstić information content (AvgIpc) is 2.79. The van der Waals surface area contributed by atoms with Gasteiger partial charge in [0.15, 0.2) is 0 Å². The van der Waals surface area contributed by atoms with Gasteiger partial charge in [-0.1, -0.05) is 20.3 Å². The summed E-state index contributed by atoms with van der Waals surface area (Å²) >= 11 is 1.48. The van der Waals surface area contributed by atoms with Crippen molar-refractivity contribution in [1.82, 2.24) is 16.0 Å². The standard InChI is InChI=1S/C21H37N5O8S/c1-4-11(2)17(21(33)34)26-20(32)13(5-7-15(23)27)25-19(31)14(6-8-16(28)29)24-18(30)12(22)9-10-35-3/h11-14,17H,4-10,22H2,1-3H3,(H2,23,27)(H,24,30)(H,25,31)(H,26,32)(H,28,29)(H,33,34). The number of carboxylic acid groups (broad SMARTS) is 2. The van der Waals surface area contributed by atoms with E-state index < -0.39 is 72.1 Å². The molecule has 0 aromatic carbocycles. The lowest BCUT2D eigenvalue weighted by atomic mass is 9.98. The van der Waals surface area contributed by atoms with E-state index in [1.165, 1.54) is 11.8 Å². The van der Waals surface area contributed by atoms with E-state index in [0.717, 1.165) is 0 Å². The second kappa shape index (κ2) is 16.7. The molecule has 200 valence electrons. The van der Waals surface area contributed by atoms with Gasteiger partial charge in [0.25, 0.3) is 0 Å². The molecule has 0 bridgehead atoms. The molecule has 0 spiro atoms. The van der Waals surface area contributed by atoms with Crippen LogP contribution in [0, 0.1) is 5.92 Å². The third-order valence-corrected chi connectivity index (χ3v) is 5.98. The molecule has 0 fully saturated rings. The Hall–Kier alpha value is -2.87. The summed E-state index contributed by atoms with van der Waals surface area (Å²) in [5.74, 6) is -5.44. The van der Waals surface area contributed by atoms with Crippen LogP contribution in [0.15, 0.2) is 0 Å². The van der Waals surface area contributed by atoms with Crippen LogP contribution in [-0.2, 0) is 28.8 Å². The topological polar surface area (TPSA) is 231 Å². The van der Waals surface area contributed by atoms with Crippen molar-refractivity contribution < 1.29 is 39.0 Å². The van der Waals surface area contributed by atoms with Gasteiger partial charge < -0.3 is 37.6 Å². The summed E-state index contributed by atoms with van der Waals surface area (Å²) in [5, 5.41) is 25.6. The van der Waals surface area contributed by atoms with Gasteiger partial charge in [-0.2, -0.15) is 11.8 Å². The molecule has 0 aliphatic carbocycles. The summed E-state index contributed by atoms with van der Waals surface area (Å²) < 4.78 is 0. The number of nitrogens with one attached hydrogen (secondary N) is 3. The Morgan fingerprint density at radius 1 is 0.857 bits per heavy atom. The summed E-state index contributed by atoms with van der Waals surface area (Å²) in [4.78, 5) is 72.0. The highest BCUT2D eigenvalue weighted by atomic mass is 32.2. The van der Waals surface area contributed by atoms with Gasteiger partial charge in [-0.15, -0.1) is 0 Å². The van der Waals surface area contributed by atoms with Crippen LogP contribution in [0.4, 0.5) is 0 Å². The minimum absolute atomic E-state index is 0.230. The number of aliphatic carboxylic acids is 2. The Morgan fingerprint density at radius 3 is 1.83 bits per heavy atom. The molecule has 0 rings (SSSR count). The highest BCUT2D eigenvalue weighted by molar-refractivity contribution is 7.98. The van der Waals surface area contributed by atoms with Gasteiger partial charge in [0, 0.05) is 12.8 Å². The predicted molar refractivity (Wildman–Crippen MR) is 129 cm³/mol. The van der Waals surface area contributed by atoms with Gasteiger partial charge in [-0.25, -0.2) is 4.79 Å². The lowest BCUT2D eigenvalue weighted by Gasteiger charge is -2.26. The highest BCUT2D eigenvalue weighted by Crippen LogP contribution is 2.10. The zero-order valence-electron chi connectivity index (χ0n) is 20.2. The molecule has 5 unspecified atom stereocenters. The van der Waals surface area contributed by atoms with Crippen LogP contribution in [0.25, 0.3) is 0 Å². The third kappa shape index (κ3) is 13.0. The van der Waals surface area contributed by atoms with Crippen molar-refractivity contribution in [2.75, 3.05) is 12.0 Å². The number of carboxylic acids is 2. The van der Waals surface area contributed by atoms with Gasteiger partial charge in [-0.3, -0.25) is 24.0 Å². The lowest BCUT2D eigenvalue weighted by Crippen LogP contribution is -2.57. The maximum absolute atomic E-state index is 12.9. The molecule has 5 atom stereocenters. The first kappa shape index (κ1) is 32.1. The van der Waals surface area contributed by atoms with Crippen molar-refractivity contribution in [3.63, 3.8) is 0 Å². The van der Waals surface area contributed by atoms with Crippen molar-refractivity contribution in [2.24, 2.45) is 17.4 Å². The molecule has 4 amide bonds. The van der Waals surface area contributed by atoms with Crippen molar-refractivity contribution in [3.05, 3.63) is 0 Å². The Kier molecular flexibility index (Phi) is 15.3. The molecular weight excluding hydrogens is 482 g/mol. The van der Waals surface area contributed by atoms with Crippen LogP contribution >= 0.6 is 11.8 Å². The van der Waals surface area contributed by atoms with Gasteiger partial charge in [-0.05, 0) is 37.2 Å². The van der Waals surface area contributed by atoms with E-state index in [9.17, 15) is 33.9 Å². The predicted octanol–water partition coefficient (Wildman–Crippen LogP) is -1.22. The summed E-state index contributed by atoms with van der Waals surface area (Å²) in [5.41, 5.74) is 11.0. The first-order valence-electron chi connectivity index (χ1n) is 11.2. The zero-order chi connectivity index (χ0) is 27.1. The van der Waals surface area contributed by atoms with E-state index in [2.05, 4.69) is 16.0 Å². The number of rotatable bonds is 18. The third-order valence-electron chi connectivity index (χ3n) is 5.34. The van der Waals surface area contributed by atoms with E-state index in [4.69, 9.17) is 16.6 Å². The minimum atomic E-state index is -1.35. The fourth-order valence-corrected chi connectivity index (χ4v) is 3.45. The Morgan fingerprint density at radius 2 is 1.37 bits per heavy atom. The molecule has 0 saturated carbocycles. The van der Waals surface area contributed by atoms with Crippen LogP contribution in [0.3, 0.4) is 0 Å². The number of thioether (sulfide) groups is 1. The fourth-order valence-electron chi connectivity index (χ4n) is 2.96. The van der Waals surface area contributed by atoms with Gasteiger partial charge in [0.1, 0.15) is 18.1 Å². The molecule has 0 aromatic rings. The molecule has 0 aromatic heterocycles. The average molecular weight is 520 g/mol. The van der Waals surface area contributed by atoms with Crippen LogP contribution in [-0.4, -0.2) is 82.0 Å². The highest BCUT2D eigenvalue weighted by Gasteiger charge is 2.32. The zero-order valence-corrected chi connectivity index (χ0v) is 21.1. The normalized spacial score (nSPS) is 15.1. The molecule has 0 saturated heterocycles. The largest absolute Gasteiger partial charge is 0.481 e. The monoisotopic (exact) mass is 519 g/mol. The van der Waals surface area contributed by atoms with E-state index in [0.29, 0.717) is 18.6 Å². The number of carbonyl (C=O) groups excluding carboxylic acids is 4. The van der Waals surface area contributed by atoms with Gasteiger partial charge in [0.05, 0.1) is 6.04 Å².